The van der Waals surface area contributed by atoms with E-state index in [1.807, 2.05) is 0 Å². The summed E-state index contributed by atoms with van der Waals surface area (Å²) in [6.45, 7) is 1.89. The summed E-state index contributed by atoms with van der Waals surface area (Å²) >= 11 is 0. The van der Waals surface area contributed by atoms with E-state index in [-0.39, 0.29) is 23.5 Å². The lowest BCUT2D eigenvalue weighted by molar-refractivity contribution is -0.143. The van der Waals surface area contributed by atoms with Crippen LogP contribution in [0.1, 0.15) is 24.5 Å². The lowest BCUT2D eigenvalue weighted by Crippen LogP contribution is -2.43. The molecule has 1 aliphatic carbocycles. The Balaban J connectivity index is 1.34. The highest BCUT2D eigenvalue weighted by atomic mass is 19.4. The van der Waals surface area contributed by atoms with Crippen LogP contribution >= 0.6 is 0 Å². The Morgan fingerprint density at radius 2 is 1.91 bits per heavy atom. The zero-order valence-electron chi connectivity index (χ0n) is 17.8. The summed E-state index contributed by atoms with van der Waals surface area (Å²) in [4.78, 5) is 10.6. The predicted octanol–water partition coefficient (Wildman–Crippen LogP) is 4.17. The van der Waals surface area contributed by atoms with Crippen LogP contribution in [0.3, 0.4) is 0 Å². The lowest BCUT2D eigenvalue weighted by atomic mass is 9.82. The maximum absolute atomic E-state index is 13.5. The molecule has 1 aromatic carbocycles. The number of piperidine rings is 1. The van der Waals surface area contributed by atoms with Crippen molar-refractivity contribution < 1.29 is 26.8 Å². The van der Waals surface area contributed by atoms with Gasteiger partial charge in [0.2, 0.25) is 0 Å². The molecule has 2 atom stereocenters. The molecule has 3 heterocycles. The van der Waals surface area contributed by atoms with Gasteiger partial charge in [0.15, 0.2) is 11.6 Å². The minimum absolute atomic E-state index is 0.0561. The zero-order chi connectivity index (χ0) is 23.2. The lowest BCUT2D eigenvalue weighted by Gasteiger charge is -2.36. The number of fused-ring (bicyclic) bond motifs is 2. The molecule has 1 saturated carbocycles. The average molecular weight is 466 g/mol. The van der Waals surface area contributed by atoms with Crippen LogP contribution in [-0.2, 0) is 13.0 Å². The van der Waals surface area contributed by atoms with E-state index < -0.39 is 18.5 Å². The fraction of sp³-hybridized carbons (Fsp3) is 0.524. The minimum Gasteiger partial charge on any atom is -0.424 e. The molecule has 0 amide bonds. The van der Waals surface area contributed by atoms with Crippen molar-refractivity contribution in [1.82, 2.24) is 24.9 Å². The first kappa shape index (κ1) is 21.7. The number of benzene rings is 1. The Hall–Kier alpha value is -3.18. The third-order valence-electron chi connectivity index (χ3n) is 6.25. The highest BCUT2D eigenvalue weighted by Gasteiger charge is 2.44. The summed E-state index contributed by atoms with van der Waals surface area (Å²) in [7, 11) is 0. The predicted molar refractivity (Wildman–Crippen MR) is 107 cm³/mol. The minimum atomic E-state index is -4.50. The van der Waals surface area contributed by atoms with Crippen LogP contribution in [0.2, 0.25) is 0 Å². The number of ether oxygens (including phenoxy) is 1. The van der Waals surface area contributed by atoms with Crippen molar-refractivity contribution in [2.75, 3.05) is 18.0 Å². The molecule has 0 radical (unpaired) electrons. The Morgan fingerprint density at radius 3 is 2.55 bits per heavy atom. The second-order valence-corrected chi connectivity index (χ2v) is 8.64. The average Bonchev–Trinajstić information content (AvgIpc) is 3.37. The number of aromatic nitrogens is 5. The quantitative estimate of drug-likeness (QED) is 0.505. The SMILES string of the molecule is Cc1noc(N2CC3CCC(C2)C3Cc2nc(Oc3cccc(F)c3)n(CC(F)(F)F)n2)n1. The van der Waals surface area contributed by atoms with Gasteiger partial charge in [-0.25, -0.2) is 9.07 Å². The second kappa shape index (κ2) is 8.31. The first-order valence-corrected chi connectivity index (χ1v) is 10.7. The van der Waals surface area contributed by atoms with E-state index in [2.05, 4.69) is 25.1 Å². The van der Waals surface area contributed by atoms with Crippen LogP contribution in [0.25, 0.3) is 0 Å². The van der Waals surface area contributed by atoms with Gasteiger partial charge in [-0.2, -0.15) is 28.2 Å². The molecule has 2 aliphatic rings. The molecule has 176 valence electrons. The number of anilines is 1. The van der Waals surface area contributed by atoms with Gasteiger partial charge in [0, 0.05) is 25.6 Å². The van der Waals surface area contributed by atoms with E-state index in [0.29, 0.717) is 34.8 Å². The molecule has 2 fully saturated rings. The van der Waals surface area contributed by atoms with Crippen LogP contribution in [0.15, 0.2) is 28.8 Å². The molecule has 33 heavy (non-hydrogen) atoms. The van der Waals surface area contributed by atoms with Crippen molar-refractivity contribution >= 4 is 6.01 Å². The molecular formula is C21H22F4N6O2. The number of aryl methyl sites for hydroxylation is 1. The maximum Gasteiger partial charge on any atom is 0.408 e. The van der Waals surface area contributed by atoms with Crippen LogP contribution in [-0.4, -0.2) is 44.2 Å². The topological polar surface area (TPSA) is 82.1 Å². The molecular weight excluding hydrogens is 444 g/mol. The molecule has 3 aromatic rings. The number of rotatable bonds is 6. The van der Waals surface area contributed by atoms with Gasteiger partial charge < -0.3 is 14.2 Å². The monoisotopic (exact) mass is 466 g/mol. The van der Waals surface area contributed by atoms with Crippen molar-refractivity contribution in [1.29, 1.82) is 0 Å². The smallest absolute Gasteiger partial charge is 0.408 e. The maximum atomic E-state index is 13.5. The van der Waals surface area contributed by atoms with Gasteiger partial charge in [-0.15, -0.1) is 0 Å². The molecule has 1 aliphatic heterocycles. The third kappa shape index (κ3) is 4.79. The van der Waals surface area contributed by atoms with Crippen molar-refractivity contribution in [2.45, 2.75) is 38.9 Å². The second-order valence-electron chi connectivity index (χ2n) is 8.64. The first-order chi connectivity index (χ1) is 15.7. The number of halogens is 4. The number of hydrogen-bond donors (Lipinski definition) is 0. The molecule has 2 aromatic heterocycles. The van der Waals surface area contributed by atoms with Crippen molar-refractivity contribution in [2.24, 2.45) is 17.8 Å². The molecule has 0 N–H and O–H groups in total. The molecule has 5 rings (SSSR count). The fourth-order valence-corrected chi connectivity index (χ4v) is 4.89. The summed E-state index contributed by atoms with van der Waals surface area (Å²) in [5.41, 5.74) is 0. The van der Waals surface area contributed by atoms with Crippen LogP contribution in [0.4, 0.5) is 23.6 Å². The van der Waals surface area contributed by atoms with E-state index in [4.69, 9.17) is 9.26 Å². The largest absolute Gasteiger partial charge is 0.424 e. The van der Waals surface area contributed by atoms with Gasteiger partial charge in [-0.05, 0) is 49.7 Å². The first-order valence-electron chi connectivity index (χ1n) is 10.7. The highest BCUT2D eigenvalue weighted by molar-refractivity contribution is 5.28. The highest BCUT2D eigenvalue weighted by Crippen LogP contribution is 2.44. The zero-order valence-corrected chi connectivity index (χ0v) is 17.8. The Kier molecular flexibility index (Phi) is 5.45. The van der Waals surface area contributed by atoms with E-state index in [1.54, 1.807) is 6.92 Å². The number of alkyl halides is 3. The summed E-state index contributed by atoms with van der Waals surface area (Å²) < 4.78 is 64.2. The van der Waals surface area contributed by atoms with E-state index in [0.717, 1.165) is 32.0 Å². The van der Waals surface area contributed by atoms with E-state index >= 15 is 0 Å². The molecule has 2 bridgehead atoms. The normalized spacial score (nSPS) is 22.7. The summed E-state index contributed by atoms with van der Waals surface area (Å²) in [6.07, 6.45) is -2.04. The summed E-state index contributed by atoms with van der Waals surface area (Å²) in [6, 6.07) is 5.36. The van der Waals surface area contributed by atoms with E-state index in [1.165, 1.54) is 18.2 Å². The van der Waals surface area contributed by atoms with Crippen LogP contribution < -0.4 is 9.64 Å². The third-order valence-corrected chi connectivity index (χ3v) is 6.25. The molecule has 2 unspecified atom stereocenters. The van der Waals surface area contributed by atoms with Gasteiger partial charge in [0.05, 0.1) is 0 Å². The standard InChI is InChI=1S/C21H22F4N6O2/c1-12-26-19(33-29-12)30-9-13-5-6-14(10-30)17(13)8-18-27-20(31(28-18)11-21(23,24)25)32-16-4-2-3-15(22)7-16/h2-4,7,13-14,17H,5-6,8-11H2,1H3. The number of nitrogens with zero attached hydrogens (tertiary/aromatic N) is 6. The Bertz CT molecular complexity index is 1120. The van der Waals surface area contributed by atoms with Crippen LogP contribution in [0.5, 0.6) is 11.8 Å². The van der Waals surface area contributed by atoms with Gasteiger partial charge in [0.25, 0.3) is 0 Å². The molecule has 8 nitrogen and oxygen atoms in total. The van der Waals surface area contributed by atoms with Gasteiger partial charge in [-0.3, -0.25) is 0 Å². The molecule has 12 heteroatoms. The van der Waals surface area contributed by atoms with Gasteiger partial charge >= 0.3 is 18.2 Å². The number of hydrogen-bond acceptors (Lipinski definition) is 7. The van der Waals surface area contributed by atoms with Crippen LogP contribution in [0, 0.1) is 30.5 Å². The fourth-order valence-electron chi connectivity index (χ4n) is 4.89. The summed E-state index contributed by atoms with van der Waals surface area (Å²) in [5, 5.41) is 7.95. The van der Waals surface area contributed by atoms with Gasteiger partial charge in [0.1, 0.15) is 18.1 Å². The van der Waals surface area contributed by atoms with Crippen molar-refractivity contribution in [3.05, 3.63) is 41.7 Å². The molecule has 1 saturated heterocycles. The van der Waals surface area contributed by atoms with Gasteiger partial charge in [-0.1, -0.05) is 11.2 Å². The van der Waals surface area contributed by atoms with E-state index in [9.17, 15) is 17.6 Å². The Morgan fingerprint density at radius 1 is 1.15 bits per heavy atom. The molecule has 0 spiro atoms. The Labute approximate surface area is 186 Å². The summed E-state index contributed by atoms with van der Waals surface area (Å²) in [5.74, 6) is 1.22. The van der Waals surface area contributed by atoms with Crippen molar-refractivity contribution in [3.8, 4) is 11.8 Å². The van der Waals surface area contributed by atoms with Crippen molar-refractivity contribution in [3.63, 3.8) is 0 Å².